The molecule has 1 heterocycles. The van der Waals surface area contributed by atoms with Crippen molar-refractivity contribution in [3.8, 4) is 11.5 Å². The number of methoxy groups -OCH3 is 2. The van der Waals surface area contributed by atoms with Crippen LogP contribution in [0.3, 0.4) is 0 Å². The quantitative estimate of drug-likeness (QED) is 0.829. The molecule has 1 atom stereocenters. The smallest absolute Gasteiger partial charge is 0.255 e. The predicted molar refractivity (Wildman–Crippen MR) is 77.5 cm³/mol. The van der Waals surface area contributed by atoms with E-state index in [-0.39, 0.29) is 5.91 Å². The van der Waals surface area contributed by atoms with E-state index in [9.17, 15) is 4.79 Å². The van der Waals surface area contributed by atoms with Gasteiger partial charge in [0.25, 0.3) is 5.91 Å². The highest BCUT2D eigenvalue weighted by Crippen LogP contribution is 2.24. The molecule has 5 nitrogen and oxygen atoms in total. The summed E-state index contributed by atoms with van der Waals surface area (Å²) in [4.78, 5) is 12.1. The van der Waals surface area contributed by atoms with E-state index in [0.717, 1.165) is 13.0 Å². The van der Waals surface area contributed by atoms with Crippen molar-refractivity contribution in [3.63, 3.8) is 0 Å². The molecule has 2 N–H and O–H groups in total. The van der Waals surface area contributed by atoms with Crippen molar-refractivity contribution < 1.29 is 14.3 Å². The Kier molecular flexibility index (Phi) is 5.24. The topological polar surface area (TPSA) is 59.6 Å². The molecule has 20 heavy (non-hydrogen) atoms. The average molecular weight is 278 g/mol. The van der Waals surface area contributed by atoms with Gasteiger partial charge < -0.3 is 20.1 Å². The van der Waals surface area contributed by atoms with E-state index in [1.54, 1.807) is 32.4 Å². The first kappa shape index (κ1) is 14.7. The molecule has 5 heteroatoms. The molecule has 110 valence electrons. The molecule has 1 saturated heterocycles. The molecule has 1 amide bonds. The van der Waals surface area contributed by atoms with Crippen molar-refractivity contribution in [3.05, 3.63) is 23.8 Å². The van der Waals surface area contributed by atoms with E-state index < -0.39 is 0 Å². The molecule has 0 saturated carbocycles. The molecule has 0 spiro atoms. The van der Waals surface area contributed by atoms with Gasteiger partial charge in [-0.05, 0) is 37.9 Å². The Labute approximate surface area is 119 Å². The third kappa shape index (κ3) is 3.63. The summed E-state index contributed by atoms with van der Waals surface area (Å²) >= 11 is 0. The summed E-state index contributed by atoms with van der Waals surface area (Å²) in [5, 5.41) is 6.35. The number of ether oxygens (including phenoxy) is 2. The van der Waals surface area contributed by atoms with Crippen LogP contribution in [0.15, 0.2) is 18.2 Å². The standard InChI is InChI=1S/C15H22N2O3/c1-19-12-5-6-13(14(10-12)20-2)15(18)17-9-7-11-4-3-8-16-11/h5-6,10-11,16H,3-4,7-9H2,1-2H3,(H,17,18)/t11-/m1/s1. The highest BCUT2D eigenvalue weighted by atomic mass is 16.5. The van der Waals surface area contributed by atoms with Crippen LogP contribution in [-0.4, -0.2) is 39.3 Å². The van der Waals surface area contributed by atoms with Crippen molar-refractivity contribution in [2.24, 2.45) is 0 Å². The summed E-state index contributed by atoms with van der Waals surface area (Å²) in [5.74, 6) is 1.09. The molecule has 1 aromatic rings. The highest BCUT2D eigenvalue weighted by Gasteiger charge is 2.16. The highest BCUT2D eigenvalue weighted by molar-refractivity contribution is 5.97. The van der Waals surface area contributed by atoms with Crippen LogP contribution in [0.5, 0.6) is 11.5 Å². The first-order chi connectivity index (χ1) is 9.74. The van der Waals surface area contributed by atoms with Gasteiger partial charge in [-0.1, -0.05) is 0 Å². The molecule has 0 aromatic heterocycles. The van der Waals surface area contributed by atoms with Gasteiger partial charge in [0.05, 0.1) is 19.8 Å². The van der Waals surface area contributed by atoms with E-state index in [4.69, 9.17) is 9.47 Å². The lowest BCUT2D eigenvalue weighted by molar-refractivity contribution is 0.0949. The molecule has 1 aromatic carbocycles. The van der Waals surface area contributed by atoms with E-state index in [2.05, 4.69) is 10.6 Å². The lowest BCUT2D eigenvalue weighted by atomic mass is 10.1. The second-order valence-corrected chi connectivity index (χ2v) is 4.90. The van der Waals surface area contributed by atoms with E-state index in [1.807, 2.05) is 0 Å². The Morgan fingerprint density at radius 3 is 2.90 bits per heavy atom. The van der Waals surface area contributed by atoms with Crippen molar-refractivity contribution >= 4 is 5.91 Å². The third-order valence-electron chi connectivity index (χ3n) is 3.59. The Bertz CT molecular complexity index is 456. The molecule has 0 unspecified atom stereocenters. The average Bonchev–Trinajstić information content (AvgIpc) is 2.99. The zero-order chi connectivity index (χ0) is 14.4. The van der Waals surface area contributed by atoms with Gasteiger partial charge >= 0.3 is 0 Å². The zero-order valence-electron chi connectivity index (χ0n) is 12.1. The van der Waals surface area contributed by atoms with Gasteiger partial charge in [-0.3, -0.25) is 4.79 Å². The number of amides is 1. The molecule has 0 radical (unpaired) electrons. The van der Waals surface area contributed by atoms with Gasteiger partial charge in [-0.25, -0.2) is 0 Å². The Morgan fingerprint density at radius 2 is 2.25 bits per heavy atom. The zero-order valence-corrected chi connectivity index (χ0v) is 12.1. The van der Waals surface area contributed by atoms with E-state index in [1.165, 1.54) is 12.8 Å². The maximum absolute atomic E-state index is 12.1. The molecule has 1 aliphatic heterocycles. The number of nitrogens with one attached hydrogen (secondary N) is 2. The molecule has 0 bridgehead atoms. The molecule has 1 fully saturated rings. The minimum Gasteiger partial charge on any atom is -0.497 e. The van der Waals surface area contributed by atoms with Crippen molar-refractivity contribution in [1.29, 1.82) is 0 Å². The van der Waals surface area contributed by atoms with Gasteiger partial charge in [0.2, 0.25) is 0 Å². The second-order valence-electron chi connectivity index (χ2n) is 4.90. The summed E-state index contributed by atoms with van der Waals surface area (Å²) in [6, 6.07) is 5.73. The molecule has 2 rings (SSSR count). The van der Waals surface area contributed by atoms with Crippen LogP contribution >= 0.6 is 0 Å². The lowest BCUT2D eigenvalue weighted by Crippen LogP contribution is -2.30. The van der Waals surface area contributed by atoms with Gasteiger partial charge in [-0.2, -0.15) is 0 Å². The van der Waals surface area contributed by atoms with Crippen LogP contribution in [0.2, 0.25) is 0 Å². The summed E-state index contributed by atoms with van der Waals surface area (Å²) in [6.07, 6.45) is 3.39. The minimum atomic E-state index is -0.109. The number of carbonyl (C=O) groups is 1. The van der Waals surface area contributed by atoms with Crippen molar-refractivity contribution in [2.45, 2.75) is 25.3 Å². The van der Waals surface area contributed by atoms with Gasteiger partial charge in [0, 0.05) is 18.7 Å². The number of rotatable bonds is 6. The SMILES string of the molecule is COc1ccc(C(=O)NCC[C@H]2CCCN2)c(OC)c1. The normalized spacial score (nSPS) is 17.8. The summed E-state index contributed by atoms with van der Waals surface area (Å²) in [7, 11) is 3.14. The van der Waals surface area contributed by atoms with Crippen LogP contribution < -0.4 is 20.1 Å². The van der Waals surface area contributed by atoms with Crippen molar-refractivity contribution in [1.82, 2.24) is 10.6 Å². The van der Waals surface area contributed by atoms with Crippen molar-refractivity contribution in [2.75, 3.05) is 27.3 Å². The number of hydrogen-bond donors (Lipinski definition) is 2. The maximum Gasteiger partial charge on any atom is 0.255 e. The number of hydrogen-bond acceptors (Lipinski definition) is 4. The summed E-state index contributed by atoms with van der Waals surface area (Å²) in [6.45, 7) is 1.76. The summed E-state index contributed by atoms with van der Waals surface area (Å²) in [5.41, 5.74) is 0.535. The number of benzene rings is 1. The minimum absolute atomic E-state index is 0.109. The van der Waals surface area contributed by atoms with E-state index >= 15 is 0 Å². The lowest BCUT2D eigenvalue weighted by Gasteiger charge is -2.13. The maximum atomic E-state index is 12.1. The third-order valence-corrected chi connectivity index (χ3v) is 3.59. The Morgan fingerprint density at radius 1 is 1.40 bits per heavy atom. The van der Waals surface area contributed by atoms with Crippen LogP contribution in [0.25, 0.3) is 0 Å². The molecule has 1 aliphatic rings. The van der Waals surface area contributed by atoms with Crippen LogP contribution in [0.4, 0.5) is 0 Å². The predicted octanol–water partition coefficient (Wildman–Crippen LogP) is 1.58. The Balaban J connectivity index is 1.90. The molecule has 0 aliphatic carbocycles. The van der Waals surface area contributed by atoms with Gasteiger partial charge in [-0.15, -0.1) is 0 Å². The molecular formula is C15H22N2O3. The van der Waals surface area contributed by atoms with E-state index in [0.29, 0.717) is 29.6 Å². The van der Waals surface area contributed by atoms with Gasteiger partial charge in [0.1, 0.15) is 11.5 Å². The summed E-state index contributed by atoms with van der Waals surface area (Å²) < 4.78 is 10.4. The molecular weight excluding hydrogens is 256 g/mol. The largest absolute Gasteiger partial charge is 0.497 e. The van der Waals surface area contributed by atoms with Gasteiger partial charge in [0.15, 0.2) is 0 Å². The first-order valence-corrected chi connectivity index (χ1v) is 6.98. The van der Waals surface area contributed by atoms with Crippen LogP contribution in [0.1, 0.15) is 29.6 Å². The fourth-order valence-corrected chi connectivity index (χ4v) is 2.44. The fourth-order valence-electron chi connectivity index (χ4n) is 2.44. The van der Waals surface area contributed by atoms with Crippen LogP contribution in [-0.2, 0) is 0 Å². The second kappa shape index (κ2) is 7.14. The van der Waals surface area contributed by atoms with Crippen LogP contribution in [0, 0.1) is 0 Å². The first-order valence-electron chi connectivity index (χ1n) is 6.98. The Hall–Kier alpha value is -1.75. The number of carbonyl (C=O) groups excluding carboxylic acids is 1. The fraction of sp³-hybridized carbons (Fsp3) is 0.533. The monoisotopic (exact) mass is 278 g/mol.